The SMILES string of the molecule is CC(C)(C)c1ccc2ccc(C#Cc3ccc4ccc(C(C)(C)C)ccc3-4)c-2cc1. The number of rotatable bonds is 0. The minimum Gasteiger partial charge on any atom is -0.0610 e. The van der Waals surface area contributed by atoms with Gasteiger partial charge in [-0.15, -0.1) is 0 Å². The third-order valence-corrected chi connectivity index (χ3v) is 5.87. The van der Waals surface area contributed by atoms with E-state index in [-0.39, 0.29) is 10.8 Å². The van der Waals surface area contributed by atoms with E-state index in [1.807, 2.05) is 0 Å². The Kier molecular flexibility index (Phi) is 4.95. The average Bonchev–Trinajstić information content (AvgIpc) is 3.04. The highest BCUT2D eigenvalue weighted by Gasteiger charge is 2.15. The fourth-order valence-electron chi connectivity index (χ4n) is 3.85. The maximum Gasteiger partial charge on any atom is 0.0327 e. The monoisotopic (exact) mass is 390 g/mol. The molecule has 0 bridgehead atoms. The second-order valence-electron chi connectivity index (χ2n) is 10.2. The highest BCUT2D eigenvalue weighted by atomic mass is 14.2. The van der Waals surface area contributed by atoms with Crippen molar-refractivity contribution in [1.29, 1.82) is 0 Å². The van der Waals surface area contributed by atoms with Crippen LogP contribution in [0.2, 0.25) is 0 Å². The Morgan fingerprint density at radius 3 is 1.13 bits per heavy atom. The summed E-state index contributed by atoms with van der Waals surface area (Å²) in [6.45, 7) is 13.5. The third kappa shape index (κ3) is 3.99. The Morgan fingerprint density at radius 1 is 0.433 bits per heavy atom. The van der Waals surface area contributed by atoms with E-state index in [1.165, 1.54) is 33.4 Å². The zero-order chi connectivity index (χ0) is 21.5. The molecule has 0 heterocycles. The highest BCUT2D eigenvalue weighted by Crippen LogP contribution is 2.32. The molecule has 0 heteroatoms. The Morgan fingerprint density at radius 2 is 0.767 bits per heavy atom. The van der Waals surface area contributed by atoms with Crippen molar-refractivity contribution in [1.82, 2.24) is 0 Å². The van der Waals surface area contributed by atoms with Crippen LogP contribution >= 0.6 is 0 Å². The lowest BCUT2D eigenvalue weighted by Crippen LogP contribution is -2.09. The molecule has 0 aromatic carbocycles. The van der Waals surface area contributed by atoms with Crippen LogP contribution in [0.3, 0.4) is 0 Å². The second kappa shape index (κ2) is 7.33. The average molecular weight is 391 g/mol. The maximum atomic E-state index is 3.44. The minimum absolute atomic E-state index is 0.137. The molecule has 0 radical (unpaired) electrons. The van der Waals surface area contributed by atoms with Crippen LogP contribution in [0.5, 0.6) is 0 Å². The molecule has 0 aliphatic heterocycles. The molecule has 0 unspecified atom stereocenters. The lowest BCUT2D eigenvalue weighted by molar-refractivity contribution is 0.590. The standard InChI is InChI=1S/C30H30/c1-29(2,3)25-15-13-23-11-9-21(27(23)19-17-25)7-8-22-10-12-24-14-16-26(30(4,5)6)18-20-28(22)24/h9-20H,1-6H3. The van der Waals surface area contributed by atoms with Crippen molar-refractivity contribution in [3.05, 3.63) is 95.1 Å². The summed E-state index contributed by atoms with van der Waals surface area (Å²) in [6.07, 6.45) is 0. The van der Waals surface area contributed by atoms with Gasteiger partial charge in [0.05, 0.1) is 0 Å². The Balaban J connectivity index is 1.73. The maximum absolute atomic E-state index is 3.44. The van der Waals surface area contributed by atoms with Crippen molar-refractivity contribution in [3.63, 3.8) is 0 Å². The van der Waals surface area contributed by atoms with Crippen molar-refractivity contribution in [2.75, 3.05) is 0 Å². The van der Waals surface area contributed by atoms with Crippen molar-refractivity contribution < 1.29 is 0 Å². The van der Waals surface area contributed by atoms with E-state index in [2.05, 4.69) is 126 Å². The van der Waals surface area contributed by atoms with Crippen molar-refractivity contribution in [3.8, 4) is 34.1 Å². The topological polar surface area (TPSA) is 0 Å². The van der Waals surface area contributed by atoms with Gasteiger partial charge in [0.1, 0.15) is 0 Å². The smallest absolute Gasteiger partial charge is 0.0327 e. The first-order valence-corrected chi connectivity index (χ1v) is 10.7. The first kappa shape index (κ1) is 20.2. The minimum atomic E-state index is 0.137. The van der Waals surface area contributed by atoms with Crippen LogP contribution in [0.4, 0.5) is 0 Å². The first-order valence-electron chi connectivity index (χ1n) is 10.7. The van der Waals surface area contributed by atoms with Gasteiger partial charge in [0.15, 0.2) is 0 Å². The largest absolute Gasteiger partial charge is 0.0610 e. The van der Waals surface area contributed by atoms with Gasteiger partial charge in [0.2, 0.25) is 0 Å². The molecule has 0 N–H and O–H groups in total. The van der Waals surface area contributed by atoms with Gasteiger partial charge in [-0.3, -0.25) is 0 Å². The lowest BCUT2D eigenvalue weighted by Gasteiger charge is -2.17. The normalized spacial score (nSPS) is 12.1. The molecule has 0 aromatic rings. The molecule has 0 nitrogen and oxygen atoms in total. The van der Waals surface area contributed by atoms with E-state index < -0.39 is 0 Å². The molecular formula is C30H30. The summed E-state index contributed by atoms with van der Waals surface area (Å²) in [5.41, 5.74) is 10.0. The van der Waals surface area contributed by atoms with Crippen LogP contribution in [0, 0.1) is 11.8 Å². The molecule has 0 atom stereocenters. The molecule has 4 aliphatic rings. The van der Waals surface area contributed by atoms with Crippen LogP contribution in [-0.2, 0) is 10.8 Å². The number of hydrogen-bond donors (Lipinski definition) is 0. The second-order valence-corrected chi connectivity index (χ2v) is 10.2. The Bertz CT molecular complexity index is 1100. The molecule has 4 aliphatic carbocycles. The molecule has 0 fully saturated rings. The Labute approximate surface area is 181 Å². The molecule has 150 valence electrons. The van der Waals surface area contributed by atoms with Gasteiger partial charge in [-0.2, -0.15) is 0 Å². The van der Waals surface area contributed by atoms with Crippen molar-refractivity contribution in [2.24, 2.45) is 0 Å². The predicted molar refractivity (Wildman–Crippen MR) is 130 cm³/mol. The summed E-state index contributed by atoms with van der Waals surface area (Å²) in [5, 5.41) is 0. The molecular weight excluding hydrogens is 360 g/mol. The summed E-state index contributed by atoms with van der Waals surface area (Å²) < 4.78 is 0. The molecule has 0 spiro atoms. The van der Waals surface area contributed by atoms with Crippen molar-refractivity contribution >= 4 is 0 Å². The van der Waals surface area contributed by atoms with Gasteiger partial charge in [-0.05, 0) is 56.3 Å². The molecule has 0 amide bonds. The number of fused-ring (bicyclic) bond motifs is 2. The number of hydrogen-bond acceptors (Lipinski definition) is 0. The first-order chi connectivity index (χ1) is 14.1. The zero-order valence-electron chi connectivity index (χ0n) is 18.9. The van der Waals surface area contributed by atoms with Gasteiger partial charge in [-0.1, -0.05) is 114 Å². The zero-order valence-corrected chi connectivity index (χ0v) is 18.9. The fourth-order valence-corrected chi connectivity index (χ4v) is 3.85. The lowest BCUT2D eigenvalue weighted by atomic mass is 9.88. The summed E-state index contributed by atoms with van der Waals surface area (Å²) >= 11 is 0. The van der Waals surface area contributed by atoms with Gasteiger partial charge in [0.25, 0.3) is 0 Å². The predicted octanol–water partition coefficient (Wildman–Crippen LogP) is 7.89. The van der Waals surface area contributed by atoms with Gasteiger partial charge < -0.3 is 0 Å². The van der Waals surface area contributed by atoms with E-state index in [1.54, 1.807) is 0 Å². The van der Waals surface area contributed by atoms with Gasteiger partial charge in [-0.25, -0.2) is 0 Å². The van der Waals surface area contributed by atoms with E-state index in [4.69, 9.17) is 0 Å². The summed E-state index contributed by atoms with van der Waals surface area (Å²) in [4.78, 5) is 0. The summed E-state index contributed by atoms with van der Waals surface area (Å²) in [5.74, 6) is 6.88. The van der Waals surface area contributed by atoms with Crippen LogP contribution in [0.1, 0.15) is 63.8 Å². The summed E-state index contributed by atoms with van der Waals surface area (Å²) in [7, 11) is 0. The quantitative estimate of drug-likeness (QED) is 0.268. The van der Waals surface area contributed by atoms with E-state index in [9.17, 15) is 0 Å². The van der Waals surface area contributed by atoms with Crippen LogP contribution < -0.4 is 0 Å². The highest BCUT2D eigenvalue weighted by molar-refractivity contribution is 5.78. The molecule has 30 heavy (non-hydrogen) atoms. The van der Waals surface area contributed by atoms with E-state index in [0.717, 1.165) is 11.1 Å². The van der Waals surface area contributed by atoms with Crippen molar-refractivity contribution in [2.45, 2.75) is 52.4 Å². The van der Waals surface area contributed by atoms with Gasteiger partial charge >= 0.3 is 0 Å². The molecule has 0 aromatic heterocycles. The molecule has 0 saturated carbocycles. The van der Waals surface area contributed by atoms with E-state index in [0.29, 0.717) is 0 Å². The van der Waals surface area contributed by atoms with E-state index >= 15 is 0 Å². The Hall–Kier alpha value is -3.04. The van der Waals surface area contributed by atoms with Crippen LogP contribution in [0.25, 0.3) is 22.3 Å². The molecule has 0 saturated heterocycles. The molecule has 4 rings (SSSR count). The van der Waals surface area contributed by atoms with Crippen LogP contribution in [-0.4, -0.2) is 0 Å². The summed E-state index contributed by atoms with van der Waals surface area (Å²) in [6, 6.07) is 26.4. The fraction of sp³-hybridized carbons (Fsp3) is 0.267. The third-order valence-electron chi connectivity index (χ3n) is 5.87. The van der Waals surface area contributed by atoms with Crippen LogP contribution in [0.15, 0.2) is 72.8 Å². The van der Waals surface area contributed by atoms with Gasteiger partial charge in [0, 0.05) is 11.1 Å².